The number of aromatic nitrogens is 3. The molecule has 1 unspecified atom stereocenters. The van der Waals surface area contributed by atoms with Gasteiger partial charge >= 0.3 is 5.69 Å². The molecule has 0 N–H and O–H groups in total. The topological polar surface area (TPSA) is 54.3 Å². The molecule has 4 heterocycles. The van der Waals surface area contributed by atoms with Gasteiger partial charge in [0.15, 0.2) is 5.65 Å². The lowest BCUT2D eigenvalue weighted by Crippen LogP contribution is -2.53. The van der Waals surface area contributed by atoms with Crippen LogP contribution in [0.3, 0.4) is 0 Å². The van der Waals surface area contributed by atoms with Crippen LogP contribution >= 0.6 is 46.2 Å². The van der Waals surface area contributed by atoms with Crippen LogP contribution < -0.4 is 10.6 Å². The number of aryl methyl sites for hydroxylation is 1. The summed E-state index contributed by atoms with van der Waals surface area (Å²) in [6.45, 7) is 4.66. The molecular formula is C14H15ClIN5OS. The smallest absolute Gasteiger partial charge is 0.349 e. The molecule has 0 spiro atoms. The van der Waals surface area contributed by atoms with Crippen molar-refractivity contribution in [2.24, 2.45) is 0 Å². The molecule has 0 bridgehead atoms. The number of nitrogens with zero attached hydrogens (tertiary/aromatic N) is 5. The number of likely N-dealkylation sites (N-methyl/N-ethyl adjacent to an activating group) is 1. The van der Waals surface area contributed by atoms with Gasteiger partial charge < -0.3 is 9.80 Å². The molecule has 2 aliphatic heterocycles. The van der Waals surface area contributed by atoms with Crippen LogP contribution in [0.2, 0.25) is 5.02 Å². The Hall–Kier alpha value is -0.580. The largest absolute Gasteiger partial charge is 0.360 e. The minimum absolute atomic E-state index is 0.280. The summed E-state index contributed by atoms with van der Waals surface area (Å²) in [5.41, 5.74) is 1.13. The summed E-state index contributed by atoms with van der Waals surface area (Å²) in [6.07, 6.45) is 0. The van der Waals surface area contributed by atoms with Crippen molar-refractivity contribution in [1.82, 2.24) is 17.6 Å². The first-order valence-corrected chi connectivity index (χ1v) is 9.67. The highest BCUT2D eigenvalue weighted by Crippen LogP contribution is 2.43. The average Bonchev–Trinajstić information content (AvgIpc) is 2.67. The van der Waals surface area contributed by atoms with E-state index >= 15 is 0 Å². The molecular weight excluding hydrogens is 449 g/mol. The molecule has 0 aromatic carbocycles. The minimum atomic E-state index is -0.280. The lowest BCUT2D eigenvalue weighted by Gasteiger charge is -2.39. The first-order valence-electron chi connectivity index (χ1n) is 7.34. The Morgan fingerprint density at radius 1 is 1.35 bits per heavy atom. The summed E-state index contributed by atoms with van der Waals surface area (Å²) in [5, 5.41) is 1.58. The number of piperazine rings is 1. The van der Waals surface area contributed by atoms with E-state index in [-0.39, 0.29) is 5.69 Å². The third-order valence-corrected chi connectivity index (χ3v) is 7.09. The number of fused-ring (bicyclic) bond motifs is 2. The maximum atomic E-state index is 12.3. The van der Waals surface area contributed by atoms with Crippen molar-refractivity contribution in [1.29, 1.82) is 0 Å². The SMILES string of the molecule is Cc1nc2c3c(nc(=O)n2I)N2CCN(C)CC2CSc3c1Cl. The molecule has 0 amide bonds. The third kappa shape index (κ3) is 2.45. The van der Waals surface area contributed by atoms with Crippen molar-refractivity contribution >= 4 is 63.1 Å². The van der Waals surface area contributed by atoms with Gasteiger partial charge in [-0.05, 0) is 14.0 Å². The quantitative estimate of drug-likeness (QED) is 0.558. The zero-order valence-corrected chi connectivity index (χ0v) is 16.4. The zero-order valence-electron chi connectivity index (χ0n) is 12.7. The van der Waals surface area contributed by atoms with Gasteiger partial charge in [-0.15, -0.1) is 11.8 Å². The Morgan fingerprint density at radius 2 is 2.13 bits per heavy atom. The van der Waals surface area contributed by atoms with E-state index in [9.17, 15) is 4.79 Å². The van der Waals surface area contributed by atoms with Gasteiger partial charge in [-0.1, -0.05) is 11.6 Å². The molecule has 0 radical (unpaired) electrons. The lowest BCUT2D eigenvalue weighted by molar-refractivity contribution is 0.277. The van der Waals surface area contributed by atoms with Crippen LogP contribution in [0.15, 0.2) is 9.69 Å². The molecule has 2 aromatic rings. The highest BCUT2D eigenvalue weighted by Gasteiger charge is 2.33. The summed E-state index contributed by atoms with van der Waals surface area (Å²) in [6, 6.07) is 0.322. The molecule has 1 fully saturated rings. The standard InChI is InChI=1S/C14H15ClIN5OS/c1-7-10(15)11-9-12(18-14(22)21(16)13(9)17-7)20-4-3-19(2)5-8(20)6-23-11/h8H,3-6H2,1-2H3. The van der Waals surface area contributed by atoms with E-state index in [2.05, 4.69) is 26.8 Å². The Bertz CT molecular complexity index is 873. The fourth-order valence-corrected chi connectivity index (χ4v) is 5.22. The Balaban J connectivity index is 2.06. The second-order valence-electron chi connectivity index (χ2n) is 5.96. The van der Waals surface area contributed by atoms with Gasteiger partial charge in [0.25, 0.3) is 0 Å². The molecule has 1 atom stereocenters. The first-order chi connectivity index (χ1) is 11.0. The van der Waals surface area contributed by atoms with Crippen LogP contribution in [-0.2, 0) is 0 Å². The number of pyridine rings is 1. The molecule has 6 nitrogen and oxygen atoms in total. The predicted molar refractivity (Wildman–Crippen MR) is 102 cm³/mol. The predicted octanol–water partition coefficient (Wildman–Crippen LogP) is 2.18. The van der Waals surface area contributed by atoms with Crippen molar-refractivity contribution in [3.63, 3.8) is 0 Å². The van der Waals surface area contributed by atoms with Crippen molar-refractivity contribution in [2.75, 3.05) is 37.3 Å². The van der Waals surface area contributed by atoms with Gasteiger partial charge in [0.2, 0.25) is 0 Å². The zero-order chi connectivity index (χ0) is 16.3. The molecule has 23 heavy (non-hydrogen) atoms. The van der Waals surface area contributed by atoms with Crippen LogP contribution in [0.1, 0.15) is 5.69 Å². The van der Waals surface area contributed by atoms with E-state index in [4.69, 9.17) is 11.6 Å². The summed E-state index contributed by atoms with van der Waals surface area (Å²) < 4.78 is 1.49. The second kappa shape index (κ2) is 5.75. The monoisotopic (exact) mass is 463 g/mol. The summed E-state index contributed by atoms with van der Waals surface area (Å²) in [7, 11) is 2.13. The van der Waals surface area contributed by atoms with Crippen molar-refractivity contribution in [3.8, 4) is 0 Å². The molecule has 9 heteroatoms. The minimum Gasteiger partial charge on any atom is -0.349 e. The van der Waals surface area contributed by atoms with Gasteiger partial charge in [-0.2, -0.15) is 4.98 Å². The fourth-order valence-electron chi connectivity index (χ4n) is 3.22. The van der Waals surface area contributed by atoms with Crippen molar-refractivity contribution < 1.29 is 0 Å². The van der Waals surface area contributed by atoms with E-state index in [0.29, 0.717) is 16.7 Å². The number of thioether (sulfide) groups is 1. The average molecular weight is 464 g/mol. The third-order valence-electron chi connectivity index (χ3n) is 4.40. The van der Waals surface area contributed by atoms with Gasteiger partial charge in [-0.25, -0.2) is 12.6 Å². The maximum absolute atomic E-state index is 12.3. The first kappa shape index (κ1) is 15.9. The van der Waals surface area contributed by atoms with E-state index in [1.807, 2.05) is 29.8 Å². The summed E-state index contributed by atoms with van der Waals surface area (Å²) >= 11 is 10.3. The molecule has 0 saturated carbocycles. The van der Waals surface area contributed by atoms with Crippen LogP contribution in [0.4, 0.5) is 5.82 Å². The van der Waals surface area contributed by atoms with Crippen LogP contribution in [0.25, 0.3) is 11.0 Å². The van der Waals surface area contributed by atoms with E-state index in [1.54, 1.807) is 11.8 Å². The molecule has 1 saturated heterocycles. The van der Waals surface area contributed by atoms with Gasteiger partial charge in [0, 0.05) is 30.3 Å². The Labute approximate surface area is 156 Å². The molecule has 0 aliphatic carbocycles. The van der Waals surface area contributed by atoms with E-state index in [1.165, 1.54) is 2.78 Å². The van der Waals surface area contributed by atoms with E-state index in [0.717, 1.165) is 47.2 Å². The highest BCUT2D eigenvalue weighted by molar-refractivity contribution is 14.1. The number of halogens is 2. The number of rotatable bonds is 0. The summed E-state index contributed by atoms with van der Waals surface area (Å²) in [5.74, 6) is 1.67. The van der Waals surface area contributed by atoms with Gasteiger partial charge in [0.1, 0.15) is 5.82 Å². The van der Waals surface area contributed by atoms with Gasteiger partial charge in [-0.3, -0.25) is 0 Å². The van der Waals surface area contributed by atoms with Crippen molar-refractivity contribution in [2.45, 2.75) is 17.9 Å². The second-order valence-corrected chi connectivity index (χ2v) is 8.33. The Morgan fingerprint density at radius 3 is 2.91 bits per heavy atom. The van der Waals surface area contributed by atoms with Crippen LogP contribution in [0.5, 0.6) is 0 Å². The number of anilines is 1. The van der Waals surface area contributed by atoms with Crippen molar-refractivity contribution in [3.05, 3.63) is 21.2 Å². The summed E-state index contributed by atoms with van der Waals surface area (Å²) in [4.78, 5) is 26.8. The molecule has 2 aromatic heterocycles. The number of hydrogen-bond acceptors (Lipinski definition) is 6. The highest BCUT2D eigenvalue weighted by atomic mass is 127. The lowest BCUT2D eigenvalue weighted by atomic mass is 10.1. The fraction of sp³-hybridized carbons (Fsp3) is 0.500. The van der Waals surface area contributed by atoms with Gasteiger partial charge in [0.05, 0.1) is 45.0 Å². The Kier molecular flexibility index (Phi) is 3.98. The molecule has 2 aliphatic rings. The maximum Gasteiger partial charge on any atom is 0.360 e. The number of hydrogen-bond donors (Lipinski definition) is 0. The van der Waals surface area contributed by atoms with Crippen LogP contribution in [-0.4, -0.2) is 56.1 Å². The molecule has 4 rings (SSSR count). The van der Waals surface area contributed by atoms with E-state index < -0.39 is 0 Å². The normalized spacial score (nSPS) is 21.4. The van der Waals surface area contributed by atoms with Crippen LogP contribution in [0, 0.1) is 6.92 Å². The molecule has 122 valence electrons.